The monoisotopic (exact) mass is 240 g/mol. The molecule has 0 spiro atoms. The van der Waals surface area contributed by atoms with Crippen molar-refractivity contribution >= 4 is 18.2 Å². The minimum absolute atomic E-state index is 0.718. The highest BCUT2D eigenvalue weighted by molar-refractivity contribution is 7.71. The second-order valence-corrected chi connectivity index (χ2v) is 4.99. The first-order valence-electron chi connectivity index (χ1n) is 6.08. The number of rotatable bonds is 4. The molecule has 1 aliphatic carbocycles. The summed E-state index contributed by atoms with van der Waals surface area (Å²) in [6.07, 6.45) is 5.50. The van der Waals surface area contributed by atoms with Crippen molar-refractivity contribution < 1.29 is 0 Å². The third kappa shape index (κ3) is 2.29. The molecule has 1 saturated carbocycles. The average Bonchev–Trinajstić information content (AvgIpc) is 2.87. The molecule has 0 atom stereocenters. The fraction of sp³-hybridized carbons (Fsp3) is 0.818. The van der Waals surface area contributed by atoms with Gasteiger partial charge in [0.2, 0.25) is 5.95 Å². The highest BCUT2D eigenvalue weighted by Crippen LogP contribution is 2.26. The average molecular weight is 240 g/mol. The summed E-state index contributed by atoms with van der Waals surface area (Å²) in [7, 11) is 2.11. The van der Waals surface area contributed by atoms with Gasteiger partial charge in [0.05, 0.1) is 0 Å². The van der Waals surface area contributed by atoms with Gasteiger partial charge in [-0.2, -0.15) is 0 Å². The highest BCUT2D eigenvalue weighted by Gasteiger charge is 2.19. The Morgan fingerprint density at radius 1 is 1.50 bits per heavy atom. The van der Waals surface area contributed by atoms with Crippen LogP contribution in [0.15, 0.2) is 0 Å². The Labute approximate surface area is 102 Å². The normalized spacial score (nSPS) is 16.9. The van der Waals surface area contributed by atoms with Crippen molar-refractivity contribution in [1.82, 2.24) is 14.8 Å². The van der Waals surface area contributed by atoms with E-state index in [-0.39, 0.29) is 0 Å². The molecular formula is C11H20N4S. The molecule has 2 rings (SSSR count). The van der Waals surface area contributed by atoms with Gasteiger partial charge in [-0.15, -0.1) is 5.10 Å². The number of aromatic nitrogens is 3. The number of nitrogens with zero attached hydrogens (tertiary/aromatic N) is 3. The van der Waals surface area contributed by atoms with Crippen LogP contribution in [-0.2, 0) is 6.54 Å². The summed E-state index contributed by atoms with van der Waals surface area (Å²) in [4.78, 5) is 2.23. The van der Waals surface area contributed by atoms with Crippen LogP contribution in [-0.4, -0.2) is 28.4 Å². The lowest BCUT2D eigenvalue weighted by atomic mass is 10.1. The first-order valence-corrected chi connectivity index (χ1v) is 6.49. The van der Waals surface area contributed by atoms with Gasteiger partial charge < -0.3 is 4.90 Å². The molecule has 1 fully saturated rings. The largest absolute Gasteiger partial charge is 0.344 e. The van der Waals surface area contributed by atoms with Crippen LogP contribution in [0.25, 0.3) is 0 Å². The number of H-pyrrole nitrogens is 1. The number of hydrogen-bond donors (Lipinski definition) is 1. The summed E-state index contributed by atoms with van der Waals surface area (Å²) in [6.45, 7) is 4.07. The Bertz CT molecular complexity index is 389. The van der Waals surface area contributed by atoms with Crippen molar-refractivity contribution in [2.75, 3.05) is 18.5 Å². The zero-order valence-corrected chi connectivity index (χ0v) is 10.9. The van der Waals surface area contributed by atoms with E-state index in [9.17, 15) is 0 Å². The Balaban J connectivity index is 2.07. The molecule has 0 bridgehead atoms. The summed E-state index contributed by atoms with van der Waals surface area (Å²) in [5.41, 5.74) is 0. The lowest BCUT2D eigenvalue weighted by Crippen LogP contribution is -2.26. The van der Waals surface area contributed by atoms with E-state index in [1.54, 1.807) is 0 Å². The van der Waals surface area contributed by atoms with E-state index >= 15 is 0 Å². The summed E-state index contributed by atoms with van der Waals surface area (Å²) >= 11 is 5.19. The minimum atomic E-state index is 0.718. The van der Waals surface area contributed by atoms with E-state index in [0.29, 0.717) is 0 Å². The Hall–Kier alpha value is -0.840. The van der Waals surface area contributed by atoms with E-state index in [0.717, 1.165) is 29.7 Å². The van der Waals surface area contributed by atoms with Crippen LogP contribution < -0.4 is 4.90 Å². The van der Waals surface area contributed by atoms with Gasteiger partial charge in [-0.25, -0.2) is 5.10 Å². The number of aromatic amines is 1. The predicted molar refractivity (Wildman–Crippen MR) is 68.3 cm³/mol. The van der Waals surface area contributed by atoms with Crippen LogP contribution in [0.4, 0.5) is 5.95 Å². The zero-order valence-electron chi connectivity index (χ0n) is 10.1. The molecule has 1 aliphatic rings. The molecule has 16 heavy (non-hydrogen) atoms. The van der Waals surface area contributed by atoms with Gasteiger partial charge in [0.1, 0.15) is 0 Å². The van der Waals surface area contributed by atoms with Gasteiger partial charge in [0.15, 0.2) is 4.77 Å². The van der Waals surface area contributed by atoms with Gasteiger partial charge in [-0.05, 0) is 37.9 Å². The van der Waals surface area contributed by atoms with Crippen molar-refractivity contribution in [3.63, 3.8) is 0 Å². The molecule has 90 valence electrons. The summed E-state index contributed by atoms with van der Waals surface area (Å²) < 4.78 is 2.76. The second kappa shape index (κ2) is 4.99. The van der Waals surface area contributed by atoms with Gasteiger partial charge in [0, 0.05) is 20.1 Å². The van der Waals surface area contributed by atoms with Crippen LogP contribution >= 0.6 is 12.2 Å². The van der Waals surface area contributed by atoms with E-state index in [1.165, 1.54) is 25.7 Å². The molecule has 1 N–H and O–H groups in total. The van der Waals surface area contributed by atoms with E-state index < -0.39 is 0 Å². The Kier molecular flexibility index (Phi) is 3.63. The van der Waals surface area contributed by atoms with Crippen LogP contribution in [0.3, 0.4) is 0 Å². The number of hydrogen-bond acceptors (Lipinski definition) is 3. The third-order valence-corrected chi connectivity index (χ3v) is 3.71. The molecule has 0 radical (unpaired) electrons. The summed E-state index contributed by atoms with van der Waals surface area (Å²) in [5.74, 6) is 1.81. The SMILES string of the molecule is CCn1c(N(C)CC2CCCC2)n[nH]c1=S. The standard InChI is InChI=1S/C11H20N4S/c1-3-15-10(12-13-11(15)16)14(2)8-9-6-4-5-7-9/h9H,3-8H2,1-2H3,(H,13,16). The number of nitrogens with one attached hydrogen (secondary N) is 1. The molecular weight excluding hydrogens is 220 g/mol. The van der Waals surface area contributed by atoms with Crippen LogP contribution in [0, 0.1) is 10.7 Å². The Morgan fingerprint density at radius 2 is 2.19 bits per heavy atom. The smallest absolute Gasteiger partial charge is 0.225 e. The maximum atomic E-state index is 5.19. The fourth-order valence-electron chi connectivity index (χ4n) is 2.55. The van der Waals surface area contributed by atoms with Crippen LogP contribution in [0.2, 0.25) is 0 Å². The minimum Gasteiger partial charge on any atom is -0.344 e. The van der Waals surface area contributed by atoms with Gasteiger partial charge in [0.25, 0.3) is 0 Å². The molecule has 0 unspecified atom stereocenters. The van der Waals surface area contributed by atoms with E-state index in [2.05, 4.69) is 29.1 Å². The first kappa shape index (κ1) is 11.6. The van der Waals surface area contributed by atoms with Crippen molar-refractivity contribution in [1.29, 1.82) is 0 Å². The summed E-state index contributed by atoms with van der Waals surface area (Å²) in [5, 5.41) is 7.17. The highest BCUT2D eigenvalue weighted by atomic mass is 32.1. The predicted octanol–water partition coefficient (Wildman–Crippen LogP) is 2.59. The zero-order chi connectivity index (χ0) is 11.5. The molecule has 5 heteroatoms. The molecule has 0 aliphatic heterocycles. The van der Waals surface area contributed by atoms with Crippen molar-refractivity contribution in [2.45, 2.75) is 39.2 Å². The fourth-order valence-corrected chi connectivity index (χ4v) is 2.80. The second-order valence-electron chi connectivity index (χ2n) is 4.60. The Morgan fingerprint density at radius 3 is 2.81 bits per heavy atom. The quantitative estimate of drug-likeness (QED) is 0.822. The van der Waals surface area contributed by atoms with Gasteiger partial charge in [-0.1, -0.05) is 12.8 Å². The molecule has 1 aromatic heterocycles. The maximum absolute atomic E-state index is 5.19. The van der Waals surface area contributed by atoms with E-state index in [1.807, 2.05) is 4.57 Å². The topological polar surface area (TPSA) is 36.9 Å². The maximum Gasteiger partial charge on any atom is 0.225 e. The number of anilines is 1. The van der Waals surface area contributed by atoms with Crippen LogP contribution in [0.1, 0.15) is 32.6 Å². The lowest BCUT2D eigenvalue weighted by molar-refractivity contribution is 0.537. The van der Waals surface area contributed by atoms with Crippen molar-refractivity contribution in [3.8, 4) is 0 Å². The molecule has 0 amide bonds. The molecule has 1 aromatic rings. The molecule has 1 heterocycles. The van der Waals surface area contributed by atoms with Gasteiger partial charge >= 0.3 is 0 Å². The molecule has 0 aromatic carbocycles. The third-order valence-electron chi connectivity index (χ3n) is 3.40. The van der Waals surface area contributed by atoms with Gasteiger partial charge in [-0.3, -0.25) is 4.57 Å². The first-order chi connectivity index (χ1) is 7.72. The van der Waals surface area contributed by atoms with Crippen molar-refractivity contribution in [2.24, 2.45) is 5.92 Å². The lowest BCUT2D eigenvalue weighted by Gasteiger charge is -2.21. The summed E-state index contributed by atoms with van der Waals surface area (Å²) in [6, 6.07) is 0. The van der Waals surface area contributed by atoms with Crippen molar-refractivity contribution in [3.05, 3.63) is 4.77 Å². The van der Waals surface area contributed by atoms with Crippen LogP contribution in [0.5, 0.6) is 0 Å². The molecule has 4 nitrogen and oxygen atoms in total. The molecule has 0 saturated heterocycles. The van der Waals surface area contributed by atoms with E-state index in [4.69, 9.17) is 12.2 Å².